The Morgan fingerprint density at radius 3 is 2.88 bits per heavy atom. The van der Waals surface area contributed by atoms with Gasteiger partial charge in [0.25, 0.3) is 0 Å². The molecule has 0 saturated carbocycles. The Bertz CT molecular complexity index is 475. The molecule has 92 valence electrons. The molecule has 17 heavy (non-hydrogen) atoms. The highest BCUT2D eigenvalue weighted by Gasteiger charge is 2.00. The Labute approximate surface area is 102 Å². The molecule has 0 unspecified atom stereocenters. The third-order valence-corrected chi connectivity index (χ3v) is 2.78. The Hall–Kier alpha value is -1.55. The monoisotopic (exact) mass is 232 g/mol. The lowest BCUT2D eigenvalue weighted by molar-refractivity contribution is 0.694. The van der Waals surface area contributed by atoms with E-state index in [1.165, 1.54) is 12.8 Å². The number of imidazole rings is 1. The average molecular weight is 232 g/mol. The first-order valence-corrected chi connectivity index (χ1v) is 6.14. The SMILES string of the molecule is CNCCCCNc1ccc2nc(C)[nH]c2c1. The number of hydrogen-bond acceptors (Lipinski definition) is 3. The fourth-order valence-electron chi connectivity index (χ4n) is 1.91. The maximum atomic E-state index is 4.38. The molecule has 3 N–H and O–H groups in total. The average Bonchev–Trinajstić information content (AvgIpc) is 2.68. The van der Waals surface area contributed by atoms with E-state index in [4.69, 9.17) is 0 Å². The highest BCUT2D eigenvalue weighted by atomic mass is 14.9. The van der Waals surface area contributed by atoms with Crippen LogP contribution in [0.4, 0.5) is 5.69 Å². The van der Waals surface area contributed by atoms with Crippen molar-refractivity contribution < 1.29 is 0 Å². The number of H-pyrrole nitrogens is 1. The first-order chi connectivity index (χ1) is 8.29. The molecule has 0 radical (unpaired) electrons. The van der Waals surface area contributed by atoms with Gasteiger partial charge >= 0.3 is 0 Å². The van der Waals surface area contributed by atoms with Crippen LogP contribution in [0, 0.1) is 6.92 Å². The second-order valence-corrected chi connectivity index (χ2v) is 4.29. The molecule has 0 bridgehead atoms. The summed E-state index contributed by atoms with van der Waals surface area (Å²) < 4.78 is 0. The maximum Gasteiger partial charge on any atom is 0.104 e. The van der Waals surface area contributed by atoms with E-state index in [0.717, 1.165) is 35.6 Å². The molecule has 0 fully saturated rings. The van der Waals surface area contributed by atoms with E-state index in [-0.39, 0.29) is 0 Å². The fourth-order valence-corrected chi connectivity index (χ4v) is 1.91. The zero-order chi connectivity index (χ0) is 12.1. The summed E-state index contributed by atoms with van der Waals surface area (Å²) in [6, 6.07) is 6.25. The van der Waals surface area contributed by atoms with Gasteiger partial charge in [0.2, 0.25) is 0 Å². The van der Waals surface area contributed by atoms with Gasteiger partial charge in [-0.05, 0) is 51.6 Å². The van der Waals surface area contributed by atoms with Crippen LogP contribution in [-0.2, 0) is 0 Å². The normalized spacial score (nSPS) is 10.9. The van der Waals surface area contributed by atoms with Gasteiger partial charge in [-0.25, -0.2) is 4.98 Å². The predicted octanol–water partition coefficient (Wildman–Crippen LogP) is 2.28. The molecule has 0 aliphatic carbocycles. The van der Waals surface area contributed by atoms with Gasteiger partial charge in [-0.3, -0.25) is 0 Å². The summed E-state index contributed by atoms with van der Waals surface area (Å²) in [5, 5.41) is 6.58. The summed E-state index contributed by atoms with van der Waals surface area (Å²) in [7, 11) is 1.99. The van der Waals surface area contributed by atoms with Crippen LogP contribution in [0.15, 0.2) is 18.2 Å². The first-order valence-electron chi connectivity index (χ1n) is 6.14. The Morgan fingerprint density at radius 1 is 1.24 bits per heavy atom. The van der Waals surface area contributed by atoms with Crippen molar-refractivity contribution in [2.45, 2.75) is 19.8 Å². The van der Waals surface area contributed by atoms with Crippen molar-refractivity contribution in [1.29, 1.82) is 0 Å². The molecule has 1 aromatic carbocycles. The van der Waals surface area contributed by atoms with Crippen molar-refractivity contribution in [3.05, 3.63) is 24.0 Å². The Morgan fingerprint density at radius 2 is 2.06 bits per heavy atom. The van der Waals surface area contributed by atoms with E-state index in [1.807, 2.05) is 14.0 Å². The number of benzene rings is 1. The fraction of sp³-hybridized carbons (Fsp3) is 0.462. The summed E-state index contributed by atoms with van der Waals surface area (Å²) in [5.41, 5.74) is 3.29. The van der Waals surface area contributed by atoms with Crippen molar-refractivity contribution in [1.82, 2.24) is 15.3 Å². The number of aromatic amines is 1. The molecule has 0 amide bonds. The van der Waals surface area contributed by atoms with Gasteiger partial charge < -0.3 is 15.6 Å². The smallest absolute Gasteiger partial charge is 0.104 e. The summed E-state index contributed by atoms with van der Waals surface area (Å²) in [6.45, 7) is 4.08. The minimum atomic E-state index is 0.964. The van der Waals surface area contributed by atoms with E-state index in [9.17, 15) is 0 Å². The van der Waals surface area contributed by atoms with Crippen LogP contribution in [0.1, 0.15) is 18.7 Å². The highest BCUT2D eigenvalue weighted by Crippen LogP contribution is 2.16. The number of rotatable bonds is 6. The first kappa shape index (κ1) is 11.9. The van der Waals surface area contributed by atoms with Crippen LogP contribution in [0.2, 0.25) is 0 Å². The van der Waals surface area contributed by atoms with Gasteiger partial charge in [0, 0.05) is 12.2 Å². The molecule has 0 spiro atoms. The van der Waals surface area contributed by atoms with Crippen molar-refractivity contribution in [2.75, 3.05) is 25.5 Å². The van der Waals surface area contributed by atoms with Crippen LogP contribution in [0.25, 0.3) is 11.0 Å². The number of hydrogen-bond donors (Lipinski definition) is 3. The number of nitrogens with zero attached hydrogens (tertiary/aromatic N) is 1. The number of unbranched alkanes of at least 4 members (excludes halogenated alkanes) is 1. The molecular formula is C13H20N4. The lowest BCUT2D eigenvalue weighted by Crippen LogP contribution is -2.10. The van der Waals surface area contributed by atoms with Crippen LogP contribution >= 0.6 is 0 Å². The second-order valence-electron chi connectivity index (χ2n) is 4.29. The van der Waals surface area contributed by atoms with Crippen molar-refractivity contribution in [3.8, 4) is 0 Å². The van der Waals surface area contributed by atoms with Crippen molar-refractivity contribution in [2.24, 2.45) is 0 Å². The topological polar surface area (TPSA) is 52.7 Å². The zero-order valence-corrected chi connectivity index (χ0v) is 10.5. The Kier molecular flexibility index (Phi) is 3.98. The summed E-state index contributed by atoms with van der Waals surface area (Å²) in [6.07, 6.45) is 2.38. The third-order valence-electron chi connectivity index (χ3n) is 2.78. The minimum Gasteiger partial charge on any atom is -0.385 e. The number of nitrogens with one attached hydrogen (secondary N) is 3. The third kappa shape index (κ3) is 3.20. The van der Waals surface area contributed by atoms with Crippen molar-refractivity contribution in [3.63, 3.8) is 0 Å². The van der Waals surface area contributed by atoms with E-state index in [1.54, 1.807) is 0 Å². The summed E-state index contributed by atoms with van der Waals surface area (Å²) in [4.78, 5) is 7.63. The molecule has 0 aliphatic rings. The number of anilines is 1. The minimum absolute atomic E-state index is 0.964. The van der Waals surface area contributed by atoms with Crippen LogP contribution in [-0.4, -0.2) is 30.1 Å². The van der Waals surface area contributed by atoms with Gasteiger partial charge in [-0.1, -0.05) is 0 Å². The molecular weight excluding hydrogens is 212 g/mol. The van der Waals surface area contributed by atoms with Gasteiger partial charge in [-0.2, -0.15) is 0 Å². The Balaban J connectivity index is 1.90. The largest absolute Gasteiger partial charge is 0.385 e. The number of aryl methyl sites for hydroxylation is 1. The van der Waals surface area contributed by atoms with E-state index in [0.29, 0.717) is 0 Å². The zero-order valence-electron chi connectivity index (χ0n) is 10.5. The molecule has 4 nitrogen and oxygen atoms in total. The molecule has 0 saturated heterocycles. The van der Waals surface area contributed by atoms with Gasteiger partial charge in [0.15, 0.2) is 0 Å². The lowest BCUT2D eigenvalue weighted by Gasteiger charge is -2.05. The molecule has 1 aromatic heterocycles. The van der Waals surface area contributed by atoms with Gasteiger partial charge in [0.1, 0.15) is 5.82 Å². The van der Waals surface area contributed by atoms with E-state index >= 15 is 0 Å². The van der Waals surface area contributed by atoms with Crippen LogP contribution in [0.5, 0.6) is 0 Å². The molecule has 2 aromatic rings. The van der Waals surface area contributed by atoms with E-state index < -0.39 is 0 Å². The van der Waals surface area contributed by atoms with Gasteiger partial charge in [0.05, 0.1) is 11.0 Å². The summed E-state index contributed by atoms with van der Waals surface area (Å²) in [5.74, 6) is 0.964. The van der Waals surface area contributed by atoms with Crippen molar-refractivity contribution >= 4 is 16.7 Å². The maximum absolute atomic E-state index is 4.38. The highest BCUT2D eigenvalue weighted by molar-refractivity contribution is 5.79. The molecule has 2 rings (SSSR count). The van der Waals surface area contributed by atoms with Crippen LogP contribution < -0.4 is 10.6 Å². The molecule has 1 heterocycles. The number of aromatic nitrogens is 2. The summed E-state index contributed by atoms with van der Waals surface area (Å²) >= 11 is 0. The van der Waals surface area contributed by atoms with Crippen LogP contribution in [0.3, 0.4) is 0 Å². The second kappa shape index (κ2) is 5.68. The molecule has 0 aliphatic heterocycles. The lowest BCUT2D eigenvalue weighted by atomic mass is 10.2. The quantitative estimate of drug-likeness (QED) is 0.670. The predicted molar refractivity (Wildman–Crippen MR) is 72.5 cm³/mol. The standard InChI is InChI=1S/C13H20N4/c1-10-16-12-6-5-11(9-13(12)17-10)15-8-4-3-7-14-2/h5-6,9,14-15H,3-4,7-8H2,1-2H3,(H,16,17). The molecule has 4 heteroatoms. The number of fused-ring (bicyclic) bond motifs is 1. The van der Waals surface area contributed by atoms with Gasteiger partial charge in [-0.15, -0.1) is 0 Å². The van der Waals surface area contributed by atoms with E-state index in [2.05, 4.69) is 38.8 Å². The molecule has 0 atom stereocenters.